The lowest BCUT2D eigenvalue weighted by atomic mass is 10.1. The van der Waals surface area contributed by atoms with Gasteiger partial charge in [0, 0.05) is 16.2 Å². The molecule has 1 amide bonds. The number of carbonyl (C=O) groups is 1. The van der Waals surface area contributed by atoms with Crippen LogP contribution in [0.3, 0.4) is 0 Å². The van der Waals surface area contributed by atoms with Gasteiger partial charge in [-0.05, 0) is 59.1 Å². The molecule has 4 nitrogen and oxygen atoms in total. The van der Waals surface area contributed by atoms with Gasteiger partial charge < -0.3 is 10.1 Å². The van der Waals surface area contributed by atoms with Gasteiger partial charge in [0.1, 0.15) is 11.6 Å². The van der Waals surface area contributed by atoms with Crippen molar-refractivity contribution in [2.45, 2.75) is 13.8 Å². The minimum atomic E-state index is -0.207. The second kappa shape index (κ2) is 6.05. The number of hydrogen-bond acceptors (Lipinski definition) is 3. The van der Waals surface area contributed by atoms with Gasteiger partial charge in [0.2, 0.25) is 0 Å². The molecule has 0 fully saturated rings. The van der Waals surface area contributed by atoms with Gasteiger partial charge in [0.15, 0.2) is 0 Å². The van der Waals surface area contributed by atoms with Crippen molar-refractivity contribution in [1.82, 2.24) is 4.98 Å². The number of carbonyl (C=O) groups excluding carboxylic acids is 1. The molecular formula is C15H15BrN2O2. The SMILES string of the molecule is COc1cc(C(=O)Nc2ncc(Br)cc2C)ccc1C. The van der Waals surface area contributed by atoms with Crippen LogP contribution >= 0.6 is 15.9 Å². The highest BCUT2D eigenvalue weighted by atomic mass is 79.9. The Balaban J connectivity index is 2.24. The summed E-state index contributed by atoms with van der Waals surface area (Å²) in [5, 5.41) is 2.80. The lowest BCUT2D eigenvalue weighted by molar-refractivity contribution is 0.102. The predicted octanol–water partition coefficient (Wildman–Crippen LogP) is 3.72. The summed E-state index contributed by atoms with van der Waals surface area (Å²) < 4.78 is 6.10. The third kappa shape index (κ3) is 3.17. The van der Waals surface area contributed by atoms with Crippen LogP contribution in [0.25, 0.3) is 0 Å². The monoisotopic (exact) mass is 334 g/mol. The summed E-state index contributed by atoms with van der Waals surface area (Å²) in [6.45, 7) is 3.82. The van der Waals surface area contributed by atoms with Crippen molar-refractivity contribution in [3.63, 3.8) is 0 Å². The topological polar surface area (TPSA) is 51.2 Å². The van der Waals surface area contributed by atoms with E-state index < -0.39 is 0 Å². The zero-order chi connectivity index (χ0) is 14.7. The Morgan fingerprint density at radius 2 is 2.00 bits per heavy atom. The molecule has 0 aliphatic heterocycles. The number of ether oxygens (including phenoxy) is 1. The molecule has 20 heavy (non-hydrogen) atoms. The molecule has 0 spiro atoms. The highest BCUT2D eigenvalue weighted by Gasteiger charge is 2.11. The second-order valence-electron chi connectivity index (χ2n) is 4.46. The van der Waals surface area contributed by atoms with Crippen LogP contribution in [0.1, 0.15) is 21.5 Å². The molecule has 2 rings (SSSR count). The number of anilines is 1. The molecule has 2 aromatic rings. The molecule has 1 N–H and O–H groups in total. The van der Waals surface area contributed by atoms with Crippen LogP contribution in [0.4, 0.5) is 5.82 Å². The largest absolute Gasteiger partial charge is 0.496 e. The Labute approximate surface area is 126 Å². The fraction of sp³-hybridized carbons (Fsp3) is 0.200. The van der Waals surface area contributed by atoms with Crippen LogP contribution in [0.15, 0.2) is 34.9 Å². The van der Waals surface area contributed by atoms with Crippen LogP contribution in [-0.2, 0) is 0 Å². The summed E-state index contributed by atoms with van der Waals surface area (Å²) in [5.41, 5.74) is 2.42. The molecule has 1 aromatic heterocycles. The first-order chi connectivity index (χ1) is 9.51. The number of methoxy groups -OCH3 is 1. The van der Waals surface area contributed by atoms with Gasteiger partial charge in [-0.3, -0.25) is 4.79 Å². The fourth-order valence-corrected chi connectivity index (χ4v) is 2.26. The number of nitrogens with one attached hydrogen (secondary N) is 1. The van der Waals surface area contributed by atoms with E-state index in [1.165, 1.54) is 0 Å². The number of benzene rings is 1. The normalized spacial score (nSPS) is 10.2. The molecule has 0 unspecified atom stereocenters. The molecule has 0 aliphatic carbocycles. The number of rotatable bonds is 3. The van der Waals surface area contributed by atoms with E-state index in [1.807, 2.05) is 26.0 Å². The lowest BCUT2D eigenvalue weighted by Crippen LogP contribution is -2.14. The molecule has 0 saturated carbocycles. The van der Waals surface area contributed by atoms with Crippen molar-refractivity contribution in [3.05, 3.63) is 51.6 Å². The molecule has 0 atom stereocenters. The van der Waals surface area contributed by atoms with Gasteiger partial charge in [0.25, 0.3) is 5.91 Å². The molecule has 0 saturated heterocycles. The number of amides is 1. The van der Waals surface area contributed by atoms with Gasteiger partial charge >= 0.3 is 0 Å². The summed E-state index contributed by atoms with van der Waals surface area (Å²) in [6.07, 6.45) is 1.65. The van der Waals surface area contributed by atoms with Gasteiger partial charge in [-0.2, -0.15) is 0 Å². The zero-order valence-corrected chi connectivity index (χ0v) is 13.1. The fourth-order valence-electron chi connectivity index (χ4n) is 1.81. The van der Waals surface area contributed by atoms with Crippen molar-refractivity contribution < 1.29 is 9.53 Å². The number of aryl methyl sites for hydroxylation is 2. The van der Waals surface area contributed by atoms with Crippen LogP contribution in [0.2, 0.25) is 0 Å². The van der Waals surface area contributed by atoms with E-state index in [0.717, 1.165) is 15.6 Å². The highest BCUT2D eigenvalue weighted by Crippen LogP contribution is 2.21. The maximum Gasteiger partial charge on any atom is 0.256 e. The Morgan fingerprint density at radius 3 is 2.65 bits per heavy atom. The van der Waals surface area contributed by atoms with Gasteiger partial charge in [-0.15, -0.1) is 0 Å². The van der Waals surface area contributed by atoms with E-state index in [9.17, 15) is 4.79 Å². The van der Waals surface area contributed by atoms with Crippen molar-refractivity contribution in [1.29, 1.82) is 0 Å². The summed E-state index contributed by atoms with van der Waals surface area (Å²) in [5.74, 6) is 1.04. The third-order valence-corrected chi connectivity index (χ3v) is 3.38. The van der Waals surface area contributed by atoms with E-state index in [1.54, 1.807) is 25.4 Å². The first-order valence-electron chi connectivity index (χ1n) is 6.09. The van der Waals surface area contributed by atoms with E-state index >= 15 is 0 Å². The van der Waals surface area contributed by atoms with E-state index in [4.69, 9.17) is 4.74 Å². The number of aromatic nitrogens is 1. The Kier molecular flexibility index (Phi) is 4.39. The molecule has 0 aliphatic rings. The van der Waals surface area contributed by atoms with Gasteiger partial charge in [0.05, 0.1) is 7.11 Å². The number of pyridine rings is 1. The summed E-state index contributed by atoms with van der Waals surface area (Å²) >= 11 is 3.34. The average molecular weight is 335 g/mol. The maximum atomic E-state index is 12.2. The quantitative estimate of drug-likeness (QED) is 0.930. The summed E-state index contributed by atoms with van der Waals surface area (Å²) in [7, 11) is 1.59. The Hall–Kier alpha value is -1.88. The first kappa shape index (κ1) is 14.5. The lowest BCUT2D eigenvalue weighted by Gasteiger charge is -2.10. The van der Waals surface area contributed by atoms with E-state index in [-0.39, 0.29) is 5.91 Å². The van der Waals surface area contributed by atoms with Crippen molar-refractivity contribution in [2.24, 2.45) is 0 Å². The number of nitrogens with zero attached hydrogens (tertiary/aromatic N) is 1. The minimum Gasteiger partial charge on any atom is -0.496 e. The van der Waals surface area contributed by atoms with E-state index in [2.05, 4.69) is 26.2 Å². The number of hydrogen-bond donors (Lipinski definition) is 1. The third-order valence-electron chi connectivity index (χ3n) is 2.95. The van der Waals surface area contributed by atoms with E-state index in [0.29, 0.717) is 17.1 Å². The second-order valence-corrected chi connectivity index (χ2v) is 5.37. The Morgan fingerprint density at radius 1 is 1.25 bits per heavy atom. The van der Waals surface area contributed by atoms with Crippen LogP contribution in [-0.4, -0.2) is 18.0 Å². The van der Waals surface area contributed by atoms with Crippen LogP contribution < -0.4 is 10.1 Å². The van der Waals surface area contributed by atoms with Crippen molar-refractivity contribution in [3.8, 4) is 5.75 Å². The molecule has 104 valence electrons. The highest BCUT2D eigenvalue weighted by molar-refractivity contribution is 9.10. The van der Waals surface area contributed by atoms with Crippen molar-refractivity contribution in [2.75, 3.05) is 12.4 Å². The minimum absolute atomic E-state index is 0.207. The smallest absolute Gasteiger partial charge is 0.256 e. The first-order valence-corrected chi connectivity index (χ1v) is 6.88. The molecule has 1 heterocycles. The predicted molar refractivity (Wildman–Crippen MR) is 82.4 cm³/mol. The Bertz CT molecular complexity index is 656. The molecule has 1 aromatic carbocycles. The van der Waals surface area contributed by atoms with Crippen molar-refractivity contribution >= 4 is 27.7 Å². The molecule has 0 radical (unpaired) electrons. The molecular weight excluding hydrogens is 320 g/mol. The standard InChI is InChI=1S/C15H15BrN2O2/c1-9-4-5-11(7-13(9)20-3)15(19)18-14-10(2)6-12(16)8-17-14/h4-8H,1-3H3,(H,17,18,19). The van der Waals surface area contributed by atoms with Crippen LogP contribution in [0.5, 0.6) is 5.75 Å². The average Bonchev–Trinajstić information content (AvgIpc) is 2.42. The summed E-state index contributed by atoms with van der Waals surface area (Å²) in [4.78, 5) is 16.4. The number of halogens is 1. The molecule has 0 bridgehead atoms. The van der Waals surface area contributed by atoms with Gasteiger partial charge in [-0.1, -0.05) is 6.07 Å². The van der Waals surface area contributed by atoms with Crippen LogP contribution in [0, 0.1) is 13.8 Å². The zero-order valence-electron chi connectivity index (χ0n) is 11.5. The van der Waals surface area contributed by atoms with Gasteiger partial charge in [-0.25, -0.2) is 4.98 Å². The maximum absolute atomic E-state index is 12.2. The molecule has 5 heteroatoms. The summed E-state index contributed by atoms with van der Waals surface area (Å²) in [6, 6.07) is 7.24.